The van der Waals surface area contributed by atoms with Crippen LogP contribution in [-0.2, 0) is 29.5 Å². The summed E-state index contributed by atoms with van der Waals surface area (Å²) in [4.78, 5) is 12.3. The van der Waals surface area contributed by atoms with Gasteiger partial charge in [0.05, 0.1) is 5.56 Å². The molecule has 0 atom stereocenters. The zero-order valence-electron chi connectivity index (χ0n) is 12.5. The molecule has 1 aromatic carbocycles. The third-order valence-corrected chi connectivity index (χ3v) is 6.88. The Morgan fingerprint density at radius 2 is 2.04 bits per heavy atom. The Balaban J connectivity index is 1.90. The van der Waals surface area contributed by atoms with Crippen LogP contribution in [0.4, 0.5) is 4.39 Å². The standard InChI is InChI=1S/C15H15FN2O4S2/c16-10-3-1-9(2-4-10)7-18-24(21,22)15-13(14(19)20)11-5-6-17-8-12(11)23-15/h1-4,17-18H,5-8H2,(H,19,20). The largest absolute Gasteiger partial charge is 0.478 e. The Kier molecular flexibility index (Phi) is 4.68. The molecule has 0 aliphatic carbocycles. The average Bonchev–Trinajstić information content (AvgIpc) is 2.95. The highest BCUT2D eigenvalue weighted by atomic mass is 32.2. The summed E-state index contributed by atoms with van der Waals surface area (Å²) in [7, 11) is -3.97. The molecule has 9 heteroatoms. The molecule has 3 N–H and O–H groups in total. The van der Waals surface area contributed by atoms with Crippen LogP contribution in [0.3, 0.4) is 0 Å². The van der Waals surface area contributed by atoms with Gasteiger partial charge in [0.2, 0.25) is 0 Å². The summed E-state index contributed by atoms with van der Waals surface area (Å²) in [6, 6.07) is 5.42. The molecule has 1 aliphatic heterocycles. The van der Waals surface area contributed by atoms with E-state index in [0.717, 1.165) is 16.2 Å². The lowest BCUT2D eigenvalue weighted by molar-refractivity contribution is 0.0692. The first kappa shape index (κ1) is 17.0. The predicted molar refractivity (Wildman–Crippen MR) is 87.1 cm³/mol. The minimum atomic E-state index is -3.97. The second kappa shape index (κ2) is 6.60. The van der Waals surface area contributed by atoms with Gasteiger partial charge in [0, 0.05) is 18.0 Å². The van der Waals surface area contributed by atoms with Crippen molar-refractivity contribution in [2.24, 2.45) is 0 Å². The molecular weight excluding hydrogens is 355 g/mol. The molecule has 0 bridgehead atoms. The van der Waals surface area contributed by atoms with Crippen LogP contribution in [0.5, 0.6) is 0 Å². The van der Waals surface area contributed by atoms with Crippen LogP contribution in [0.2, 0.25) is 0 Å². The minimum Gasteiger partial charge on any atom is -0.478 e. The van der Waals surface area contributed by atoms with Crippen LogP contribution in [0.1, 0.15) is 26.4 Å². The molecule has 0 unspecified atom stereocenters. The predicted octanol–water partition coefficient (Wildman–Crippen LogP) is 1.71. The Bertz CT molecular complexity index is 876. The highest BCUT2D eigenvalue weighted by Gasteiger charge is 2.31. The smallest absolute Gasteiger partial charge is 0.338 e. The van der Waals surface area contributed by atoms with Crippen LogP contribution in [0, 0.1) is 5.82 Å². The number of rotatable bonds is 5. The van der Waals surface area contributed by atoms with E-state index in [4.69, 9.17) is 0 Å². The van der Waals surface area contributed by atoms with Crippen molar-refractivity contribution in [2.75, 3.05) is 6.54 Å². The SMILES string of the molecule is O=C(O)c1c(S(=O)(=O)NCc2ccc(F)cc2)sc2c1CCNC2. The van der Waals surface area contributed by atoms with E-state index in [1.165, 1.54) is 24.3 Å². The molecule has 1 aromatic heterocycles. The molecular formula is C15H15FN2O4S2. The summed E-state index contributed by atoms with van der Waals surface area (Å²) in [6.45, 7) is 1.04. The van der Waals surface area contributed by atoms with E-state index in [2.05, 4.69) is 10.0 Å². The van der Waals surface area contributed by atoms with Gasteiger partial charge in [-0.15, -0.1) is 11.3 Å². The van der Waals surface area contributed by atoms with E-state index in [1.807, 2.05) is 0 Å². The average molecular weight is 370 g/mol. The highest BCUT2D eigenvalue weighted by Crippen LogP contribution is 2.34. The third-order valence-electron chi connectivity index (χ3n) is 3.73. The molecule has 128 valence electrons. The summed E-state index contributed by atoms with van der Waals surface area (Å²) in [5.74, 6) is -1.65. The summed E-state index contributed by atoms with van der Waals surface area (Å²) < 4.78 is 40.2. The zero-order chi connectivity index (χ0) is 17.3. The van der Waals surface area contributed by atoms with Crippen LogP contribution in [0.25, 0.3) is 0 Å². The minimum absolute atomic E-state index is 0.0392. The van der Waals surface area contributed by atoms with Crippen molar-refractivity contribution in [1.82, 2.24) is 10.0 Å². The van der Waals surface area contributed by atoms with E-state index < -0.39 is 21.8 Å². The van der Waals surface area contributed by atoms with Gasteiger partial charge in [0.15, 0.2) is 0 Å². The molecule has 0 radical (unpaired) electrons. The maximum atomic E-state index is 12.9. The maximum Gasteiger partial charge on any atom is 0.338 e. The number of sulfonamides is 1. The molecule has 2 heterocycles. The Morgan fingerprint density at radius 1 is 1.33 bits per heavy atom. The fraction of sp³-hybridized carbons (Fsp3) is 0.267. The summed E-state index contributed by atoms with van der Waals surface area (Å²) in [5.41, 5.74) is 1.04. The van der Waals surface area contributed by atoms with Gasteiger partial charge in [-0.3, -0.25) is 0 Å². The van der Waals surface area contributed by atoms with Crippen molar-refractivity contribution in [3.8, 4) is 0 Å². The van der Waals surface area contributed by atoms with Gasteiger partial charge in [0.1, 0.15) is 10.0 Å². The van der Waals surface area contributed by atoms with Crippen molar-refractivity contribution in [3.05, 3.63) is 51.7 Å². The Labute approximate surface area is 142 Å². The van der Waals surface area contributed by atoms with Crippen molar-refractivity contribution in [2.45, 2.75) is 23.7 Å². The van der Waals surface area contributed by atoms with Crippen molar-refractivity contribution < 1.29 is 22.7 Å². The number of aromatic carboxylic acids is 1. The lowest BCUT2D eigenvalue weighted by Gasteiger charge is -2.12. The van der Waals surface area contributed by atoms with Crippen LogP contribution in [0.15, 0.2) is 28.5 Å². The number of carboxylic acid groups (broad SMARTS) is 1. The fourth-order valence-electron chi connectivity index (χ4n) is 2.56. The molecule has 6 nitrogen and oxygen atoms in total. The lowest BCUT2D eigenvalue weighted by atomic mass is 10.1. The van der Waals surface area contributed by atoms with Gasteiger partial charge < -0.3 is 10.4 Å². The van der Waals surface area contributed by atoms with Gasteiger partial charge in [-0.2, -0.15) is 0 Å². The zero-order valence-corrected chi connectivity index (χ0v) is 14.1. The van der Waals surface area contributed by atoms with E-state index in [0.29, 0.717) is 30.6 Å². The molecule has 3 rings (SSSR count). The lowest BCUT2D eigenvalue weighted by Crippen LogP contribution is -2.25. The number of benzene rings is 1. The first-order chi connectivity index (χ1) is 11.4. The molecule has 0 fully saturated rings. The molecule has 2 aromatic rings. The van der Waals surface area contributed by atoms with Crippen molar-refractivity contribution in [3.63, 3.8) is 0 Å². The first-order valence-corrected chi connectivity index (χ1v) is 9.51. The van der Waals surface area contributed by atoms with Crippen LogP contribution >= 0.6 is 11.3 Å². The fourth-order valence-corrected chi connectivity index (χ4v) is 5.48. The van der Waals surface area contributed by atoms with Gasteiger partial charge in [-0.05, 0) is 36.2 Å². The quantitative estimate of drug-likeness (QED) is 0.745. The Morgan fingerprint density at radius 3 is 2.71 bits per heavy atom. The summed E-state index contributed by atoms with van der Waals surface area (Å²) in [6.07, 6.45) is 0.487. The van der Waals surface area contributed by atoms with Crippen molar-refractivity contribution in [1.29, 1.82) is 0 Å². The highest BCUT2D eigenvalue weighted by molar-refractivity contribution is 7.91. The number of fused-ring (bicyclic) bond motifs is 1. The maximum absolute atomic E-state index is 12.9. The molecule has 0 spiro atoms. The first-order valence-electron chi connectivity index (χ1n) is 7.21. The third kappa shape index (κ3) is 3.34. The second-order valence-electron chi connectivity index (χ2n) is 5.35. The number of halogens is 1. The summed E-state index contributed by atoms with van der Waals surface area (Å²) >= 11 is 0.981. The molecule has 1 aliphatic rings. The molecule has 0 saturated heterocycles. The monoisotopic (exact) mass is 370 g/mol. The molecule has 24 heavy (non-hydrogen) atoms. The van der Waals surface area contributed by atoms with Crippen LogP contribution < -0.4 is 10.0 Å². The van der Waals surface area contributed by atoms with Crippen molar-refractivity contribution >= 4 is 27.3 Å². The number of nitrogens with one attached hydrogen (secondary N) is 2. The Hall–Kier alpha value is -1.81. The van der Waals surface area contributed by atoms with Gasteiger partial charge in [0.25, 0.3) is 10.0 Å². The van der Waals surface area contributed by atoms with Gasteiger partial charge in [-0.25, -0.2) is 22.3 Å². The number of thiophene rings is 1. The number of hydrogen-bond donors (Lipinski definition) is 3. The van der Waals surface area contributed by atoms with E-state index in [-0.39, 0.29) is 16.3 Å². The number of hydrogen-bond acceptors (Lipinski definition) is 5. The second-order valence-corrected chi connectivity index (χ2v) is 8.42. The topological polar surface area (TPSA) is 95.5 Å². The number of carbonyl (C=O) groups is 1. The molecule has 0 amide bonds. The van der Waals surface area contributed by atoms with E-state index in [1.54, 1.807) is 0 Å². The van der Waals surface area contributed by atoms with E-state index in [9.17, 15) is 22.7 Å². The van der Waals surface area contributed by atoms with E-state index >= 15 is 0 Å². The van der Waals surface area contributed by atoms with Gasteiger partial charge >= 0.3 is 5.97 Å². The number of carboxylic acids is 1. The normalized spacial score (nSPS) is 14.4. The molecule has 0 saturated carbocycles. The van der Waals surface area contributed by atoms with Gasteiger partial charge in [-0.1, -0.05) is 12.1 Å². The summed E-state index contributed by atoms with van der Waals surface area (Å²) in [5, 5.41) is 12.5. The van der Waals surface area contributed by atoms with Crippen LogP contribution in [-0.4, -0.2) is 26.0 Å².